The fourth-order valence-corrected chi connectivity index (χ4v) is 4.64. The van der Waals surface area contributed by atoms with Crippen molar-refractivity contribution in [2.24, 2.45) is 0 Å². The molecule has 2 fully saturated rings. The minimum atomic E-state index is -0.0627. The molecule has 4 heterocycles. The van der Waals surface area contributed by atoms with Crippen molar-refractivity contribution >= 4 is 22.6 Å². The van der Waals surface area contributed by atoms with Gasteiger partial charge in [-0.2, -0.15) is 0 Å². The van der Waals surface area contributed by atoms with Gasteiger partial charge in [-0.25, -0.2) is 9.97 Å². The molecular formula is C25H27N5O3. The maximum atomic E-state index is 13.3. The summed E-state index contributed by atoms with van der Waals surface area (Å²) in [5.74, 6) is 0.607. The van der Waals surface area contributed by atoms with Gasteiger partial charge < -0.3 is 14.5 Å². The van der Waals surface area contributed by atoms with Crippen LogP contribution in [-0.2, 0) is 4.74 Å². The first-order chi connectivity index (χ1) is 16.1. The number of carbonyl (C=O) groups is 2. The molecule has 0 radical (unpaired) electrons. The second-order valence-corrected chi connectivity index (χ2v) is 8.60. The number of aryl methyl sites for hydroxylation is 1. The van der Waals surface area contributed by atoms with Crippen LogP contribution in [0.25, 0.3) is 10.8 Å². The molecule has 0 aliphatic carbocycles. The number of fused-ring (bicyclic) bond motifs is 1. The summed E-state index contributed by atoms with van der Waals surface area (Å²) < 4.78 is 5.34. The Morgan fingerprint density at radius 1 is 1.00 bits per heavy atom. The summed E-state index contributed by atoms with van der Waals surface area (Å²) in [5, 5.41) is 1.87. The van der Waals surface area contributed by atoms with Gasteiger partial charge in [0.2, 0.25) is 0 Å². The van der Waals surface area contributed by atoms with E-state index in [0.29, 0.717) is 62.2 Å². The number of hydrogen-bond donors (Lipinski definition) is 0. The van der Waals surface area contributed by atoms with Gasteiger partial charge in [0, 0.05) is 49.9 Å². The zero-order valence-corrected chi connectivity index (χ0v) is 18.7. The molecule has 0 unspecified atom stereocenters. The van der Waals surface area contributed by atoms with Crippen LogP contribution in [0, 0.1) is 6.92 Å². The normalized spacial score (nSPS) is 19.0. The van der Waals surface area contributed by atoms with Gasteiger partial charge in [-0.1, -0.05) is 24.3 Å². The third kappa shape index (κ3) is 4.30. The predicted molar refractivity (Wildman–Crippen MR) is 123 cm³/mol. The first-order valence-electron chi connectivity index (χ1n) is 11.5. The van der Waals surface area contributed by atoms with Gasteiger partial charge in [0.15, 0.2) is 0 Å². The number of pyridine rings is 1. The van der Waals surface area contributed by atoms with Gasteiger partial charge in [0.05, 0.1) is 24.5 Å². The Morgan fingerprint density at radius 2 is 1.82 bits per heavy atom. The van der Waals surface area contributed by atoms with Crippen molar-refractivity contribution in [2.45, 2.75) is 25.7 Å². The minimum absolute atomic E-state index is 0.0314. The summed E-state index contributed by atoms with van der Waals surface area (Å²) in [6, 6.07) is 9.73. The quantitative estimate of drug-likeness (QED) is 0.616. The molecule has 5 rings (SSSR count). The number of hydrogen-bond acceptors (Lipinski definition) is 6. The average molecular weight is 446 g/mol. The highest BCUT2D eigenvalue weighted by Gasteiger charge is 2.29. The van der Waals surface area contributed by atoms with Crippen LogP contribution in [0.4, 0.5) is 0 Å². The van der Waals surface area contributed by atoms with Crippen LogP contribution in [0.15, 0.2) is 42.7 Å². The van der Waals surface area contributed by atoms with Crippen molar-refractivity contribution in [1.82, 2.24) is 24.8 Å². The Bertz CT molecular complexity index is 1190. The van der Waals surface area contributed by atoms with E-state index >= 15 is 0 Å². The molecule has 8 nitrogen and oxygen atoms in total. The lowest BCUT2D eigenvalue weighted by atomic mass is 9.96. The number of amides is 2. The first-order valence-corrected chi connectivity index (χ1v) is 11.5. The minimum Gasteiger partial charge on any atom is -0.378 e. The molecule has 1 aromatic carbocycles. The molecule has 170 valence electrons. The molecule has 2 saturated heterocycles. The predicted octanol–water partition coefficient (Wildman–Crippen LogP) is 2.83. The molecule has 2 amide bonds. The number of morpholine rings is 1. The smallest absolute Gasteiger partial charge is 0.273 e. The highest BCUT2D eigenvalue weighted by molar-refractivity contribution is 6.05. The van der Waals surface area contributed by atoms with Gasteiger partial charge >= 0.3 is 0 Å². The van der Waals surface area contributed by atoms with Crippen LogP contribution in [-0.4, -0.2) is 76.0 Å². The Morgan fingerprint density at radius 3 is 2.64 bits per heavy atom. The number of aromatic nitrogens is 3. The van der Waals surface area contributed by atoms with E-state index in [2.05, 4.69) is 15.0 Å². The summed E-state index contributed by atoms with van der Waals surface area (Å²) in [4.78, 5) is 43.5. The van der Waals surface area contributed by atoms with Crippen LogP contribution >= 0.6 is 0 Å². The van der Waals surface area contributed by atoms with Gasteiger partial charge in [-0.3, -0.25) is 14.6 Å². The van der Waals surface area contributed by atoms with Crippen molar-refractivity contribution in [3.05, 3.63) is 65.5 Å². The van der Waals surface area contributed by atoms with Gasteiger partial charge in [-0.05, 0) is 31.2 Å². The Balaban J connectivity index is 1.34. The molecule has 1 atom stereocenters. The lowest BCUT2D eigenvalue weighted by Gasteiger charge is -2.32. The van der Waals surface area contributed by atoms with Crippen LogP contribution in [0.5, 0.6) is 0 Å². The average Bonchev–Trinajstić information content (AvgIpc) is 2.88. The number of piperidine rings is 1. The van der Waals surface area contributed by atoms with Crippen molar-refractivity contribution in [3.63, 3.8) is 0 Å². The van der Waals surface area contributed by atoms with Crippen molar-refractivity contribution in [3.8, 4) is 0 Å². The van der Waals surface area contributed by atoms with Crippen LogP contribution < -0.4 is 0 Å². The second-order valence-electron chi connectivity index (χ2n) is 8.60. The summed E-state index contributed by atoms with van der Waals surface area (Å²) in [7, 11) is 0. The largest absolute Gasteiger partial charge is 0.378 e. The molecule has 3 aromatic rings. The van der Waals surface area contributed by atoms with E-state index in [9.17, 15) is 9.59 Å². The van der Waals surface area contributed by atoms with E-state index in [1.165, 1.54) is 0 Å². The van der Waals surface area contributed by atoms with Crippen molar-refractivity contribution < 1.29 is 14.3 Å². The standard InChI is InChI=1S/C25H27N5O3/c1-17-21(24(31)29-11-13-33-14-12-29)15-27-23(28-17)19-6-4-10-30(16-19)25(32)22-20-7-3-2-5-18(20)8-9-26-22/h2-3,5,7-9,15,19H,4,6,10-14,16H2,1H3/t19-/m0/s1. The second kappa shape index (κ2) is 9.23. The monoisotopic (exact) mass is 445 g/mol. The lowest BCUT2D eigenvalue weighted by Crippen LogP contribution is -2.41. The molecule has 33 heavy (non-hydrogen) atoms. The maximum Gasteiger partial charge on any atom is 0.273 e. The summed E-state index contributed by atoms with van der Waals surface area (Å²) in [6.07, 6.45) is 5.11. The molecule has 0 saturated carbocycles. The molecule has 0 spiro atoms. The van der Waals surface area contributed by atoms with E-state index in [1.54, 1.807) is 17.3 Å². The number of carbonyl (C=O) groups excluding carboxylic acids is 2. The number of nitrogens with zero attached hydrogens (tertiary/aromatic N) is 5. The van der Waals surface area contributed by atoms with E-state index in [0.717, 1.165) is 23.6 Å². The fourth-order valence-electron chi connectivity index (χ4n) is 4.64. The zero-order chi connectivity index (χ0) is 22.8. The third-order valence-corrected chi connectivity index (χ3v) is 6.48. The van der Waals surface area contributed by atoms with Gasteiger partial charge in [0.1, 0.15) is 11.5 Å². The molecule has 0 bridgehead atoms. The summed E-state index contributed by atoms with van der Waals surface area (Å²) in [6.45, 7) is 5.36. The van der Waals surface area contributed by atoms with Crippen LogP contribution in [0.1, 0.15) is 51.1 Å². The maximum absolute atomic E-state index is 13.3. The number of ether oxygens (including phenoxy) is 1. The first kappa shape index (κ1) is 21.5. The van der Waals surface area contributed by atoms with E-state index in [4.69, 9.17) is 4.74 Å². The third-order valence-electron chi connectivity index (χ3n) is 6.48. The number of benzene rings is 1. The van der Waals surface area contributed by atoms with Gasteiger partial charge in [-0.15, -0.1) is 0 Å². The molecule has 0 N–H and O–H groups in total. The van der Waals surface area contributed by atoms with Crippen LogP contribution in [0.3, 0.4) is 0 Å². The molecular weight excluding hydrogens is 418 g/mol. The van der Waals surface area contributed by atoms with Crippen LogP contribution in [0.2, 0.25) is 0 Å². The van der Waals surface area contributed by atoms with Crippen molar-refractivity contribution in [2.75, 3.05) is 39.4 Å². The molecule has 8 heteroatoms. The molecule has 2 aromatic heterocycles. The molecule has 2 aliphatic rings. The van der Waals surface area contributed by atoms with Crippen molar-refractivity contribution in [1.29, 1.82) is 0 Å². The highest BCUT2D eigenvalue weighted by Crippen LogP contribution is 2.27. The summed E-state index contributed by atoms with van der Waals surface area (Å²) in [5.41, 5.74) is 1.69. The Kier molecular flexibility index (Phi) is 6.00. The van der Waals surface area contributed by atoms with E-state index in [-0.39, 0.29) is 17.7 Å². The topological polar surface area (TPSA) is 88.5 Å². The van der Waals surface area contributed by atoms with Gasteiger partial charge in [0.25, 0.3) is 11.8 Å². The SMILES string of the molecule is Cc1nc([C@H]2CCCN(C(=O)c3nccc4ccccc34)C2)ncc1C(=O)N1CCOCC1. The highest BCUT2D eigenvalue weighted by atomic mass is 16.5. The van der Waals surface area contributed by atoms with E-state index in [1.807, 2.05) is 42.2 Å². The molecule has 2 aliphatic heterocycles. The number of likely N-dealkylation sites (tertiary alicyclic amines) is 1. The Labute approximate surface area is 192 Å². The van der Waals surface area contributed by atoms with E-state index < -0.39 is 0 Å². The number of rotatable bonds is 3. The zero-order valence-electron chi connectivity index (χ0n) is 18.7. The Hall–Kier alpha value is -3.39. The summed E-state index contributed by atoms with van der Waals surface area (Å²) >= 11 is 0. The lowest BCUT2D eigenvalue weighted by molar-refractivity contribution is 0.0301. The fraction of sp³-hybridized carbons (Fsp3) is 0.400.